The number of amides is 1. The second-order valence-electron chi connectivity index (χ2n) is 7.74. The number of nitrogens with one attached hydrogen (secondary N) is 1. The number of nitrogens with two attached hydrogens (primary N) is 1. The Kier molecular flexibility index (Phi) is 4.50. The first kappa shape index (κ1) is 17.8. The Morgan fingerprint density at radius 3 is 2.67 bits per heavy atom. The van der Waals surface area contributed by atoms with Gasteiger partial charge in [-0.25, -0.2) is 4.99 Å². The fourth-order valence-corrected chi connectivity index (χ4v) is 4.16. The van der Waals surface area contributed by atoms with Crippen molar-refractivity contribution in [2.24, 2.45) is 10.7 Å². The van der Waals surface area contributed by atoms with E-state index in [0.717, 1.165) is 54.8 Å². The summed E-state index contributed by atoms with van der Waals surface area (Å²) in [5, 5.41) is 3.05. The van der Waals surface area contributed by atoms with Crippen LogP contribution in [0.25, 0.3) is 11.1 Å². The van der Waals surface area contributed by atoms with Gasteiger partial charge in [0.15, 0.2) is 0 Å². The van der Waals surface area contributed by atoms with Crippen molar-refractivity contribution in [2.45, 2.75) is 57.4 Å². The summed E-state index contributed by atoms with van der Waals surface area (Å²) in [5.74, 6) is 0.743. The van der Waals surface area contributed by atoms with Crippen molar-refractivity contribution in [3.63, 3.8) is 0 Å². The van der Waals surface area contributed by atoms with Crippen LogP contribution in [0.4, 0.5) is 5.69 Å². The molecular formula is C23H27N3O. The molecule has 0 radical (unpaired) electrons. The number of hydrogen-bond donors (Lipinski definition) is 2. The van der Waals surface area contributed by atoms with Gasteiger partial charge in [-0.1, -0.05) is 44.5 Å². The van der Waals surface area contributed by atoms with Crippen LogP contribution in [0.3, 0.4) is 0 Å². The van der Waals surface area contributed by atoms with E-state index in [1.165, 1.54) is 5.56 Å². The lowest BCUT2D eigenvalue weighted by atomic mass is 9.74. The van der Waals surface area contributed by atoms with E-state index in [1.807, 2.05) is 24.3 Å². The van der Waals surface area contributed by atoms with E-state index < -0.39 is 0 Å². The zero-order valence-corrected chi connectivity index (χ0v) is 16.1. The summed E-state index contributed by atoms with van der Waals surface area (Å²) in [6.45, 7) is 4.37. The molecule has 27 heavy (non-hydrogen) atoms. The Bertz CT molecular complexity index is 914. The average Bonchev–Trinajstić information content (AvgIpc) is 3.45. The molecule has 140 valence electrons. The Balaban J connectivity index is 1.67. The van der Waals surface area contributed by atoms with Crippen LogP contribution >= 0.6 is 0 Å². The molecule has 1 heterocycles. The molecule has 1 fully saturated rings. The quantitative estimate of drug-likeness (QED) is 0.783. The number of amidine groups is 1. The number of carbonyl (C=O) groups is 1. The van der Waals surface area contributed by atoms with Gasteiger partial charge in [0.1, 0.15) is 5.84 Å². The van der Waals surface area contributed by atoms with E-state index in [1.54, 1.807) is 0 Å². The molecule has 2 aromatic rings. The molecule has 4 heteroatoms. The number of nitrogens with zero attached hydrogens (tertiary/aromatic N) is 1. The first-order chi connectivity index (χ1) is 13.1. The summed E-state index contributed by atoms with van der Waals surface area (Å²) in [6.07, 6.45) is 5.23. The van der Waals surface area contributed by atoms with Crippen molar-refractivity contribution in [3.8, 4) is 11.1 Å². The molecule has 1 aliphatic carbocycles. The fraction of sp³-hybridized carbons (Fsp3) is 0.391. The topological polar surface area (TPSA) is 67.5 Å². The fourth-order valence-electron chi connectivity index (χ4n) is 4.16. The van der Waals surface area contributed by atoms with Crippen molar-refractivity contribution in [1.82, 2.24) is 5.32 Å². The molecule has 1 aliphatic heterocycles. The Hall–Kier alpha value is -2.62. The summed E-state index contributed by atoms with van der Waals surface area (Å²) in [7, 11) is 0. The lowest BCUT2D eigenvalue weighted by molar-refractivity contribution is 0.0951. The standard InChI is InChI=1S/C23H27N3O/c1-3-12-23(4-2)19-11-8-16(14-20(19)26-22(23)24)15-6-5-7-17(13-15)21(27)25-18-9-10-18/h5-8,11,13-14,18H,3-4,9-10,12H2,1-2H3,(H2,24,26)(H,25,27). The minimum Gasteiger partial charge on any atom is -0.386 e. The van der Waals surface area contributed by atoms with Crippen LogP contribution in [0, 0.1) is 0 Å². The molecule has 0 aromatic heterocycles. The molecule has 1 unspecified atom stereocenters. The predicted molar refractivity (Wildman–Crippen MR) is 111 cm³/mol. The molecule has 2 aliphatic rings. The number of carbonyl (C=O) groups excluding carboxylic acids is 1. The number of aliphatic imine (C=N–C) groups is 1. The van der Waals surface area contributed by atoms with Crippen LogP contribution in [-0.2, 0) is 5.41 Å². The van der Waals surface area contributed by atoms with Gasteiger partial charge in [-0.05, 0) is 60.6 Å². The van der Waals surface area contributed by atoms with Crippen molar-refractivity contribution in [2.75, 3.05) is 0 Å². The molecule has 0 bridgehead atoms. The second kappa shape index (κ2) is 6.84. The number of benzene rings is 2. The zero-order chi connectivity index (χ0) is 19.0. The third-order valence-corrected chi connectivity index (χ3v) is 5.90. The van der Waals surface area contributed by atoms with Gasteiger partial charge >= 0.3 is 0 Å². The summed E-state index contributed by atoms with van der Waals surface area (Å²) < 4.78 is 0. The molecule has 1 saturated carbocycles. The average molecular weight is 361 g/mol. The maximum atomic E-state index is 12.4. The Morgan fingerprint density at radius 2 is 1.96 bits per heavy atom. The van der Waals surface area contributed by atoms with Crippen LogP contribution in [-0.4, -0.2) is 17.8 Å². The van der Waals surface area contributed by atoms with Gasteiger partial charge in [0, 0.05) is 11.6 Å². The molecule has 2 aromatic carbocycles. The van der Waals surface area contributed by atoms with Crippen LogP contribution in [0.2, 0.25) is 0 Å². The molecule has 1 atom stereocenters. The number of fused-ring (bicyclic) bond motifs is 1. The van der Waals surface area contributed by atoms with Crippen LogP contribution in [0.1, 0.15) is 61.9 Å². The second-order valence-corrected chi connectivity index (χ2v) is 7.74. The van der Waals surface area contributed by atoms with Gasteiger partial charge in [-0.3, -0.25) is 4.79 Å². The molecule has 4 rings (SSSR count). The summed E-state index contributed by atoms with van der Waals surface area (Å²) >= 11 is 0. The van der Waals surface area contributed by atoms with Crippen molar-refractivity contribution < 1.29 is 4.79 Å². The van der Waals surface area contributed by atoms with E-state index in [9.17, 15) is 4.79 Å². The Labute approximate surface area is 160 Å². The normalized spacial score (nSPS) is 20.9. The smallest absolute Gasteiger partial charge is 0.251 e. The molecule has 0 saturated heterocycles. The van der Waals surface area contributed by atoms with Crippen molar-refractivity contribution in [1.29, 1.82) is 0 Å². The molecular weight excluding hydrogens is 334 g/mol. The highest BCUT2D eigenvalue weighted by atomic mass is 16.1. The lowest BCUT2D eigenvalue weighted by Crippen LogP contribution is -2.37. The van der Waals surface area contributed by atoms with Crippen molar-refractivity contribution in [3.05, 3.63) is 53.6 Å². The number of hydrogen-bond acceptors (Lipinski definition) is 3. The van der Waals surface area contributed by atoms with Crippen LogP contribution in [0.15, 0.2) is 47.5 Å². The number of rotatable bonds is 6. The third-order valence-electron chi connectivity index (χ3n) is 5.90. The van der Waals surface area contributed by atoms with Gasteiger partial charge in [0.2, 0.25) is 0 Å². The Morgan fingerprint density at radius 1 is 1.19 bits per heavy atom. The SMILES string of the molecule is CCCC1(CC)C(N)=Nc2cc(-c3cccc(C(=O)NC4CC4)c3)ccc21. The van der Waals surface area contributed by atoms with E-state index in [4.69, 9.17) is 10.7 Å². The highest BCUT2D eigenvalue weighted by Gasteiger charge is 2.40. The van der Waals surface area contributed by atoms with Gasteiger partial charge in [0.05, 0.1) is 11.1 Å². The van der Waals surface area contributed by atoms with Gasteiger partial charge in [-0.2, -0.15) is 0 Å². The van der Waals surface area contributed by atoms with Gasteiger partial charge in [-0.15, -0.1) is 0 Å². The van der Waals surface area contributed by atoms with Gasteiger partial charge in [0.25, 0.3) is 5.91 Å². The largest absolute Gasteiger partial charge is 0.386 e. The zero-order valence-electron chi connectivity index (χ0n) is 16.1. The molecule has 4 nitrogen and oxygen atoms in total. The predicted octanol–water partition coefficient (Wildman–Crippen LogP) is 4.70. The first-order valence-electron chi connectivity index (χ1n) is 9.98. The maximum Gasteiger partial charge on any atom is 0.251 e. The molecule has 3 N–H and O–H groups in total. The van der Waals surface area contributed by atoms with Crippen molar-refractivity contribution >= 4 is 17.4 Å². The summed E-state index contributed by atoms with van der Waals surface area (Å²) in [5.41, 5.74) is 11.2. The maximum absolute atomic E-state index is 12.4. The minimum atomic E-state index is -0.130. The first-order valence-corrected chi connectivity index (χ1v) is 9.98. The van der Waals surface area contributed by atoms with Crippen LogP contribution < -0.4 is 11.1 Å². The van der Waals surface area contributed by atoms with Crippen LogP contribution in [0.5, 0.6) is 0 Å². The van der Waals surface area contributed by atoms with E-state index in [-0.39, 0.29) is 11.3 Å². The molecule has 1 amide bonds. The van der Waals surface area contributed by atoms with Gasteiger partial charge < -0.3 is 11.1 Å². The van der Waals surface area contributed by atoms with E-state index >= 15 is 0 Å². The minimum absolute atomic E-state index is 0.00993. The highest BCUT2D eigenvalue weighted by molar-refractivity contribution is 6.00. The lowest BCUT2D eigenvalue weighted by Gasteiger charge is -2.28. The summed E-state index contributed by atoms with van der Waals surface area (Å²) in [4.78, 5) is 17.1. The molecule has 0 spiro atoms. The van der Waals surface area contributed by atoms with E-state index in [0.29, 0.717) is 11.6 Å². The highest BCUT2D eigenvalue weighted by Crippen LogP contribution is 2.45. The monoisotopic (exact) mass is 361 g/mol. The third kappa shape index (κ3) is 3.14. The van der Waals surface area contributed by atoms with E-state index in [2.05, 4.69) is 37.4 Å². The summed E-state index contributed by atoms with van der Waals surface area (Å²) in [6, 6.07) is 14.6.